The second-order valence-electron chi connectivity index (χ2n) is 5.56. The molecule has 0 aromatic heterocycles. The number of nitrogens with zero attached hydrogens (tertiary/aromatic N) is 2. The van der Waals surface area contributed by atoms with Crippen molar-refractivity contribution < 1.29 is 9.72 Å². The number of nitro benzene ring substituents is 1. The molecule has 0 spiro atoms. The zero-order valence-corrected chi connectivity index (χ0v) is 12.2. The maximum Gasteiger partial charge on any atom is 0.306 e. The number of para-hydroxylation sites is 1. The van der Waals surface area contributed by atoms with E-state index < -0.39 is 4.92 Å². The van der Waals surface area contributed by atoms with Gasteiger partial charge in [0.15, 0.2) is 0 Å². The van der Waals surface area contributed by atoms with Crippen LogP contribution in [-0.4, -0.2) is 28.3 Å². The van der Waals surface area contributed by atoms with E-state index in [1.807, 2.05) is 0 Å². The van der Waals surface area contributed by atoms with Gasteiger partial charge in [-0.2, -0.15) is 0 Å². The van der Waals surface area contributed by atoms with Crippen LogP contribution in [0.5, 0.6) is 0 Å². The van der Waals surface area contributed by atoms with Gasteiger partial charge >= 0.3 is 5.69 Å². The molecule has 1 amide bonds. The summed E-state index contributed by atoms with van der Waals surface area (Å²) < 4.78 is 0. The van der Waals surface area contributed by atoms with Gasteiger partial charge in [0.05, 0.1) is 4.92 Å². The van der Waals surface area contributed by atoms with Crippen LogP contribution in [0.15, 0.2) is 18.2 Å². The number of amides is 1. The first-order valence-electron chi connectivity index (χ1n) is 7.02. The predicted octanol–water partition coefficient (Wildman–Crippen LogP) is 2.14. The standard InChI is InChI=1S/C14H20N4O3/c1-9(2)12-7-4-8-17(12)14(19)10-5-3-6-11(16-15)13(10)18(20)21/h3,5-6,9,12,16H,4,7-8,15H2,1-2H3. The van der Waals surface area contributed by atoms with Crippen molar-refractivity contribution in [1.82, 2.24) is 4.90 Å². The molecule has 1 unspecified atom stereocenters. The largest absolute Gasteiger partial charge is 0.335 e. The molecule has 1 saturated heterocycles. The normalized spacial score (nSPS) is 18.1. The molecule has 0 aliphatic carbocycles. The van der Waals surface area contributed by atoms with Crippen molar-refractivity contribution in [2.45, 2.75) is 32.7 Å². The molecular weight excluding hydrogens is 272 g/mol. The van der Waals surface area contributed by atoms with E-state index in [4.69, 9.17) is 5.84 Å². The molecule has 7 nitrogen and oxygen atoms in total. The van der Waals surface area contributed by atoms with Crippen LogP contribution in [0.25, 0.3) is 0 Å². The van der Waals surface area contributed by atoms with Gasteiger partial charge in [0.1, 0.15) is 11.3 Å². The fraction of sp³-hybridized carbons (Fsp3) is 0.500. The van der Waals surface area contributed by atoms with Crippen LogP contribution in [0.2, 0.25) is 0 Å². The van der Waals surface area contributed by atoms with E-state index in [9.17, 15) is 14.9 Å². The second kappa shape index (κ2) is 6.09. The van der Waals surface area contributed by atoms with Gasteiger partial charge in [0, 0.05) is 12.6 Å². The molecule has 1 aliphatic heterocycles. The molecule has 0 saturated carbocycles. The number of nitrogen functional groups attached to an aromatic ring is 1. The van der Waals surface area contributed by atoms with E-state index in [2.05, 4.69) is 19.3 Å². The third-order valence-corrected chi connectivity index (χ3v) is 3.93. The topological polar surface area (TPSA) is 102 Å². The Morgan fingerprint density at radius 3 is 2.81 bits per heavy atom. The Hall–Kier alpha value is -2.15. The van der Waals surface area contributed by atoms with Gasteiger partial charge in [-0.15, -0.1) is 0 Å². The highest BCUT2D eigenvalue weighted by atomic mass is 16.6. The maximum absolute atomic E-state index is 12.7. The quantitative estimate of drug-likeness (QED) is 0.503. The Bertz CT molecular complexity index is 559. The zero-order valence-electron chi connectivity index (χ0n) is 12.2. The van der Waals surface area contributed by atoms with Crippen molar-refractivity contribution in [1.29, 1.82) is 0 Å². The molecule has 21 heavy (non-hydrogen) atoms. The summed E-state index contributed by atoms with van der Waals surface area (Å²) in [7, 11) is 0. The van der Waals surface area contributed by atoms with Gasteiger partial charge < -0.3 is 10.3 Å². The number of benzene rings is 1. The van der Waals surface area contributed by atoms with Crippen LogP contribution >= 0.6 is 0 Å². The molecule has 1 heterocycles. The molecule has 1 aromatic rings. The number of nitro groups is 1. The van der Waals surface area contributed by atoms with E-state index in [-0.39, 0.29) is 28.9 Å². The zero-order chi connectivity index (χ0) is 15.6. The summed E-state index contributed by atoms with van der Waals surface area (Å²) >= 11 is 0. The van der Waals surface area contributed by atoms with Crippen LogP contribution in [0.3, 0.4) is 0 Å². The van der Waals surface area contributed by atoms with Crippen molar-refractivity contribution in [2.75, 3.05) is 12.0 Å². The Labute approximate surface area is 123 Å². The highest BCUT2D eigenvalue weighted by Crippen LogP contribution is 2.32. The monoisotopic (exact) mass is 292 g/mol. The molecule has 1 atom stereocenters. The lowest BCUT2D eigenvalue weighted by molar-refractivity contribution is -0.384. The minimum atomic E-state index is -0.567. The second-order valence-corrected chi connectivity index (χ2v) is 5.56. The molecule has 7 heteroatoms. The first-order valence-corrected chi connectivity index (χ1v) is 7.02. The van der Waals surface area contributed by atoms with Crippen LogP contribution in [-0.2, 0) is 0 Å². The van der Waals surface area contributed by atoms with Crippen molar-refractivity contribution in [3.8, 4) is 0 Å². The third kappa shape index (κ3) is 2.82. The molecule has 3 N–H and O–H groups in total. The van der Waals surface area contributed by atoms with Gasteiger partial charge in [-0.05, 0) is 30.9 Å². The Balaban J connectivity index is 2.42. The number of hydrazine groups is 1. The number of hydrogen-bond acceptors (Lipinski definition) is 5. The molecule has 114 valence electrons. The first kappa shape index (κ1) is 15.2. The molecule has 1 aliphatic rings. The minimum Gasteiger partial charge on any atom is -0.335 e. The molecular formula is C14H20N4O3. The third-order valence-electron chi connectivity index (χ3n) is 3.93. The van der Waals surface area contributed by atoms with E-state index in [0.29, 0.717) is 12.5 Å². The lowest BCUT2D eigenvalue weighted by atomic mass is 10.0. The predicted molar refractivity (Wildman–Crippen MR) is 79.8 cm³/mol. The van der Waals surface area contributed by atoms with Crippen molar-refractivity contribution in [2.24, 2.45) is 11.8 Å². The van der Waals surface area contributed by atoms with Crippen LogP contribution in [0, 0.1) is 16.0 Å². The van der Waals surface area contributed by atoms with Gasteiger partial charge in [-0.3, -0.25) is 20.8 Å². The summed E-state index contributed by atoms with van der Waals surface area (Å²) in [6.07, 6.45) is 1.86. The first-order chi connectivity index (χ1) is 9.97. The lowest BCUT2D eigenvalue weighted by Crippen LogP contribution is -2.38. The summed E-state index contributed by atoms with van der Waals surface area (Å²) in [5.74, 6) is 5.34. The number of carbonyl (C=O) groups is 1. The number of carbonyl (C=O) groups excluding carboxylic acids is 1. The minimum absolute atomic E-state index is 0.0861. The number of rotatable bonds is 4. The van der Waals surface area contributed by atoms with Crippen LogP contribution in [0.4, 0.5) is 11.4 Å². The highest BCUT2D eigenvalue weighted by Gasteiger charge is 2.35. The van der Waals surface area contributed by atoms with Crippen molar-refractivity contribution >= 4 is 17.3 Å². The summed E-state index contributed by atoms with van der Waals surface area (Å²) in [5, 5.41) is 11.3. The smallest absolute Gasteiger partial charge is 0.306 e. The fourth-order valence-electron chi connectivity index (χ4n) is 2.92. The molecule has 1 fully saturated rings. The van der Waals surface area contributed by atoms with E-state index >= 15 is 0 Å². The SMILES string of the molecule is CC(C)C1CCCN1C(=O)c1cccc(NN)c1[N+](=O)[O-]. The van der Waals surface area contributed by atoms with E-state index in [1.165, 1.54) is 12.1 Å². The molecule has 1 aromatic carbocycles. The number of likely N-dealkylation sites (tertiary alicyclic amines) is 1. The van der Waals surface area contributed by atoms with Gasteiger partial charge in [-0.25, -0.2) is 0 Å². The molecule has 2 rings (SSSR count). The van der Waals surface area contributed by atoms with Gasteiger partial charge in [0.25, 0.3) is 5.91 Å². The lowest BCUT2D eigenvalue weighted by Gasteiger charge is -2.27. The number of anilines is 1. The van der Waals surface area contributed by atoms with E-state index in [1.54, 1.807) is 11.0 Å². The van der Waals surface area contributed by atoms with Crippen LogP contribution in [0.1, 0.15) is 37.0 Å². The number of nitrogens with one attached hydrogen (secondary N) is 1. The molecule has 0 radical (unpaired) electrons. The number of nitrogens with two attached hydrogens (primary N) is 1. The number of hydrogen-bond donors (Lipinski definition) is 2. The average Bonchev–Trinajstić information content (AvgIpc) is 2.95. The van der Waals surface area contributed by atoms with Crippen molar-refractivity contribution in [3.63, 3.8) is 0 Å². The van der Waals surface area contributed by atoms with Crippen molar-refractivity contribution in [3.05, 3.63) is 33.9 Å². The van der Waals surface area contributed by atoms with Gasteiger partial charge in [-0.1, -0.05) is 19.9 Å². The Morgan fingerprint density at radius 1 is 1.52 bits per heavy atom. The summed E-state index contributed by atoms with van der Waals surface area (Å²) in [6, 6.07) is 4.69. The fourth-order valence-corrected chi connectivity index (χ4v) is 2.92. The Kier molecular flexibility index (Phi) is 4.42. The summed E-state index contributed by atoms with van der Waals surface area (Å²) in [5.41, 5.74) is 2.25. The average molecular weight is 292 g/mol. The van der Waals surface area contributed by atoms with E-state index in [0.717, 1.165) is 12.8 Å². The van der Waals surface area contributed by atoms with Gasteiger partial charge in [0.2, 0.25) is 0 Å². The highest BCUT2D eigenvalue weighted by molar-refractivity contribution is 6.00. The maximum atomic E-state index is 12.7. The Morgan fingerprint density at radius 2 is 2.24 bits per heavy atom. The van der Waals surface area contributed by atoms with Crippen LogP contribution < -0.4 is 11.3 Å². The molecule has 0 bridgehead atoms. The summed E-state index contributed by atoms with van der Waals surface area (Å²) in [6.45, 7) is 4.75. The summed E-state index contributed by atoms with van der Waals surface area (Å²) in [4.78, 5) is 25.2.